The first-order chi connectivity index (χ1) is 13.2. The van der Waals surface area contributed by atoms with Gasteiger partial charge in [-0.15, -0.1) is 0 Å². The van der Waals surface area contributed by atoms with Gasteiger partial charge in [0.15, 0.2) is 0 Å². The summed E-state index contributed by atoms with van der Waals surface area (Å²) >= 11 is 7.64. The fourth-order valence-electron chi connectivity index (χ4n) is 2.72. The number of hydrogen-bond donors (Lipinski definition) is 1. The quantitative estimate of drug-likeness (QED) is 0.552. The summed E-state index contributed by atoms with van der Waals surface area (Å²) in [5, 5.41) is 3.61. The van der Waals surface area contributed by atoms with Crippen molar-refractivity contribution in [2.75, 3.05) is 5.32 Å². The summed E-state index contributed by atoms with van der Waals surface area (Å²) in [6.07, 6.45) is 1.87. The third-order valence-electron chi connectivity index (χ3n) is 4.09. The lowest BCUT2D eigenvalue weighted by Crippen LogP contribution is -2.17. The highest BCUT2D eigenvalue weighted by molar-refractivity contribution is 8.04. The molecular formula is C22H16ClNO2S. The van der Waals surface area contributed by atoms with Crippen LogP contribution in [0.25, 0.3) is 6.08 Å². The molecule has 0 unspecified atom stereocenters. The van der Waals surface area contributed by atoms with Crippen LogP contribution in [0, 0.1) is 0 Å². The first kappa shape index (κ1) is 17.7. The summed E-state index contributed by atoms with van der Waals surface area (Å²) in [6.45, 7) is 0.391. The smallest absolute Gasteiger partial charge is 0.262 e. The molecule has 1 N–H and O–H groups in total. The van der Waals surface area contributed by atoms with Crippen molar-refractivity contribution in [3.8, 4) is 5.75 Å². The highest BCUT2D eigenvalue weighted by Crippen LogP contribution is 2.38. The molecule has 0 aromatic heterocycles. The number of halogens is 1. The van der Waals surface area contributed by atoms with Crippen molar-refractivity contribution in [3.63, 3.8) is 0 Å². The largest absolute Gasteiger partial charge is 0.489 e. The third kappa shape index (κ3) is 4.18. The Balaban J connectivity index is 1.52. The van der Waals surface area contributed by atoms with E-state index < -0.39 is 0 Å². The fraction of sp³-hybridized carbons (Fsp3) is 0.0455. The van der Waals surface area contributed by atoms with E-state index in [2.05, 4.69) is 5.32 Å². The van der Waals surface area contributed by atoms with E-state index in [-0.39, 0.29) is 5.91 Å². The van der Waals surface area contributed by atoms with Gasteiger partial charge >= 0.3 is 0 Å². The second kappa shape index (κ2) is 7.91. The fourth-order valence-corrected chi connectivity index (χ4v) is 3.87. The van der Waals surface area contributed by atoms with Crippen LogP contribution in [0.1, 0.15) is 11.1 Å². The summed E-state index contributed by atoms with van der Waals surface area (Å²) in [7, 11) is 0. The predicted molar refractivity (Wildman–Crippen MR) is 111 cm³/mol. The monoisotopic (exact) mass is 393 g/mol. The molecule has 0 fully saturated rings. The molecular weight excluding hydrogens is 378 g/mol. The van der Waals surface area contributed by atoms with Gasteiger partial charge in [-0.2, -0.15) is 0 Å². The van der Waals surface area contributed by atoms with Crippen LogP contribution in [-0.2, 0) is 11.4 Å². The lowest BCUT2D eigenvalue weighted by Gasteiger charge is -2.18. The number of benzene rings is 3. The Kier molecular flexibility index (Phi) is 5.19. The Morgan fingerprint density at radius 3 is 2.70 bits per heavy atom. The van der Waals surface area contributed by atoms with Crippen LogP contribution in [0.3, 0.4) is 0 Å². The van der Waals surface area contributed by atoms with Crippen molar-refractivity contribution in [2.24, 2.45) is 0 Å². The lowest BCUT2D eigenvalue weighted by molar-refractivity contribution is -0.112. The number of ether oxygens (including phenoxy) is 1. The Bertz CT molecular complexity index is 1030. The molecule has 3 nitrogen and oxygen atoms in total. The maximum absolute atomic E-state index is 12.3. The first-order valence-corrected chi connectivity index (χ1v) is 9.65. The molecule has 0 saturated carbocycles. The van der Waals surface area contributed by atoms with Crippen molar-refractivity contribution in [3.05, 3.63) is 93.9 Å². The molecule has 4 rings (SSSR count). The third-order valence-corrected chi connectivity index (χ3v) is 5.55. The molecule has 3 aromatic carbocycles. The van der Waals surface area contributed by atoms with Gasteiger partial charge < -0.3 is 10.1 Å². The minimum absolute atomic E-state index is 0.0962. The van der Waals surface area contributed by atoms with Gasteiger partial charge in [0.1, 0.15) is 12.4 Å². The van der Waals surface area contributed by atoms with Crippen molar-refractivity contribution < 1.29 is 9.53 Å². The molecule has 27 heavy (non-hydrogen) atoms. The van der Waals surface area contributed by atoms with Crippen LogP contribution in [0.4, 0.5) is 5.69 Å². The molecule has 3 aromatic rings. The van der Waals surface area contributed by atoms with E-state index in [1.807, 2.05) is 78.9 Å². The number of nitrogens with one attached hydrogen (secondary N) is 1. The number of thioether (sulfide) groups is 1. The lowest BCUT2D eigenvalue weighted by atomic mass is 10.2. The first-order valence-electron chi connectivity index (χ1n) is 8.45. The van der Waals surface area contributed by atoms with E-state index in [4.69, 9.17) is 16.3 Å². The van der Waals surface area contributed by atoms with E-state index in [1.165, 1.54) is 11.8 Å². The molecule has 1 aliphatic rings. The topological polar surface area (TPSA) is 38.3 Å². The average molecular weight is 394 g/mol. The van der Waals surface area contributed by atoms with Gasteiger partial charge in [0.25, 0.3) is 5.91 Å². The Morgan fingerprint density at radius 1 is 1.00 bits per heavy atom. The minimum atomic E-state index is -0.0962. The van der Waals surface area contributed by atoms with Gasteiger partial charge in [0.2, 0.25) is 0 Å². The standard InChI is InChI=1S/C22H16ClNO2S/c23-18-9-2-1-7-16(18)14-26-17-8-5-6-15(12-17)13-21-22(25)24-19-10-3-4-11-20(19)27-21/h1-13H,14H2,(H,24,25)/b21-13-. The SMILES string of the molecule is O=C1Nc2ccccc2S/C1=C\c1cccc(OCc2ccccc2Cl)c1. The maximum atomic E-state index is 12.3. The van der Waals surface area contributed by atoms with Gasteiger partial charge in [-0.3, -0.25) is 4.79 Å². The number of carbonyl (C=O) groups is 1. The summed E-state index contributed by atoms with van der Waals surface area (Å²) in [4.78, 5) is 14.0. The van der Waals surface area contributed by atoms with E-state index in [0.717, 1.165) is 27.5 Å². The molecule has 0 radical (unpaired) electrons. The van der Waals surface area contributed by atoms with Crippen molar-refractivity contribution >= 4 is 41.0 Å². The zero-order valence-corrected chi connectivity index (χ0v) is 15.9. The van der Waals surface area contributed by atoms with E-state index in [1.54, 1.807) is 0 Å². The number of para-hydroxylation sites is 1. The van der Waals surface area contributed by atoms with Crippen LogP contribution >= 0.6 is 23.4 Å². The average Bonchev–Trinajstić information content (AvgIpc) is 2.68. The van der Waals surface area contributed by atoms with Crippen molar-refractivity contribution in [1.29, 1.82) is 0 Å². The second-order valence-electron chi connectivity index (χ2n) is 6.01. The number of amides is 1. The van der Waals surface area contributed by atoms with Gasteiger partial charge in [-0.05, 0) is 42.0 Å². The number of fused-ring (bicyclic) bond motifs is 1. The molecule has 0 bridgehead atoms. The van der Waals surface area contributed by atoms with Crippen LogP contribution in [-0.4, -0.2) is 5.91 Å². The maximum Gasteiger partial charge on any atom is 0.262 e. The molecule has 5 heteroatoms. The summed E-state index contributed by atoms with van der Waals surface area (Å²) in [5.41, 5.74) is 2.69. The van der Waals surface area contributed by atoms with Crippen LogP contribution < -0.4 is 10.1 Å². The van der Waals surface area contributed by atoms with Gasteiger partial charge in [0.05, 0.1) is 10.6 Å². The number of anilines is 1. The number of hydrogen-bond acceptors (Lipinski definition) is 3. The second-order valence-corrected chi connectivity index (χ2v) is 7.50. The van der Waals surface area contributed by atoms with E-state index in [9.17, 15) is 4.79 Å². The molecule has 134 valence electrons. The summed E-state index contributed by atoms with van der Waals surface area (Å²) in [5.74, 6) is 0.631. The van der Waals surface area contributed by atoms with E-state index in [0.29, 0.717) is 16.5 Å². The Labute approximate surface area is 167 Å². The van der Waals surface area contributed by atoms with E-state index >= 15 is 0 Å². The van der Waals surface area contributed by atoms with Crippen LogP contribution in [0.15, 0.2) is 82.6 Å². The Hall–Kier alpha value is -2.69. The predicted octanol–water partition coefficient (Wildman–Crippen LogP) is 6.00. The number of rotatable bonds is 4. The normalized spacial score (nSPS) is 14.6. The minimum Gasteiger partial charge on any atom is -0.489 e. The Morgan fingerprint density at radius 2 is 1.81 bits per heavy atom. The zero-order valence-electron chi connectivity index (χ0n) is 14.3. The molecule has 0 aliphatic carbocycles. The van der Waals surface area contributed by atoms with Gasteiger partial charge in [0, 0.05) is 15.5 Å². The summed E-state index contributed by atoms with van der Waals surface area (Å²) < 4.78 is 5.86. The zero-order chi connectivity index (χ0) is 18.6. The van der Waals surface area contributed by atoms with Crippen LogP contribution in [0.2, 0.25) is 5.02 Å². The van der Waals surface area contributed by atoms with Gasteiger partial charge in [-0.25, -0.2) is 0 Å². The highest BCUT2D eigenvalue weighted by Gasteiger charge is 2.20. The van der Waals surface area contributed by atoms with Crippen molar-refractivity contribution in [2.45, 2.75) is 11.5 Å². The molecule has 0 atom stereocenters. The molecule has 0 spiro atoms. The molecule has 1 heterocycles. The van der Waals surface area contributed by atoms with Crippen molar-refractivity contribution in [1.82, 2.24) is 0 Å². The molecule has 1 amide bonds. The highest BCUT2D eigenvalue weighted by atomic mass is 35.5. The van der Waals surface area contributed by atoms with Gasteiger partial charge in [-0.1, -0.05) is 65.8 Å². The molecule has 0 saturated heterocycles. The van der Waals surface area contributed by atoms with Crippen LogP contribution in [0.5, 0.6) is 5.75 Å². The summed E-state index contributed by atoms with van der Waals surface area (Å²) in [6, 6.07) is 23.0. The molecule has 1 aliphatic heterocycles. The number of carbonyl (C=O) groups excluding carboxylic acids is 1.